The topological polar surface area (TPSA) is 47.8 Å². The summed E-state index contributed by atoms with van der Waals surface area (Å²) in [6.45, 7) is 2.62. The highest BCUT2D eigenvalue weighted by Gasteiger charge is 2.41. The predicted octanol–water partition coefficient (Wildman–Crippen LogP) is 3.38. The summed E-state index contributed by atoms with van der Waals surface area (Å²) in [7, 11) is 0. The maximum atomic E-state index is 12.1. The minimum Gasteiger partial charge on any atom is -0.282 e. The van der Waals surface area contributed by atoms with E-state index >= 15 is 0 Å². The van der Waals surface area contributed by atoms with Gasteiger partial charge in [0.25, 0.3) is 5.78 Å². The number of nitrogens with zero attached hydrogens (tertiary/aromatic N) is 3. The zero-order valence-corrected chi connectivity index (χ0v) is 10.9. The van der Waals surface area contributed by atoms with Gasteiger partial charge in [0.05, 0.1) is 6.20 Å². The maximum Gasteiger partial charge on any atom is 0.456 e. The van der Waals surface area contributed by atoms with Crippen LogP contribution in [0, 0.1) is 0 Å². The molecule has 7 heteroatoms. The minimum atomic E-state index is -4.89. The molecule has 0 spiro atoms. The van der Waals surface area contributed by atoms with Gasteiger partial charge in [0.15, 0.2) is 5.69 Å². The number of halogens is 3. The van der Waals surface area contributed by atoms with Gasteiger partial charge in [-0.1, -0.05) is 44.2 Å². The first-order valence-electron chi connectivity index (χ1n) is 6.46. The Morgan fingerprint density at radius 1 is 1.21 bits per heavy atom. The molecular formula is C12H18F3N3O. The predicted molar refractivity (Wildman–Crippen MR) is 63.8 cm³/mol. The second-order valence-corrected chi connectivity index (χ2v) is 4.46. The van der Waals surface area contributed by atoms with Gasteiger partial charge in [0.1, 0.15) is 0 Å². The molecule has 0 aromatic carbocycles. The lowest BCUT2D eigenvalue weighted by Crippen LogP contribution is -2.23. The Bertz CT molecular complexity index is 401. The normalized spacial score (nSPS) is 11.8. The van der Waals surface area contributed by atoms with E-state index in [-0.39, 0.29) is 0 Å². The van der Waals surface area contributed by atoms with Crippen LogP contribution in [0.2, 0.25) is 0 Å². The van der Waals surface area contributed by atoms with Crippen molar-refractivity contribution < 1.29 is 18.0 Å². The maximum absolute atomic E-state index is 12.1. The third kappa shape index (κ3) is 5.40. The van der Waals surface area contributed by atoms with Crippen molar-refractivity contribution in [3.05, 3.63) is 11.9 Å². The quantitative estimate of drug-likeness (QED) is 0.540. The van der Waals surface area contributed by atoms with Crippen molar-refractivity contribution in [1.82, 2.24) is 15.0 Å². The van der Waals surface area contributed by atoms with Gasteiger partial charge in [-0.2, -0.15) is 13.2 Å². The van der Waals surface area contributed by atoms with Crippen molar-refractivity contribution in [3.8, 4) is 0 Å². The lowest BCUT2D eigenvalue weighted by Gasteiger charge is -2.01. The molecule has 1 aromatic rings. The fourth-order valence-corrected chi connectivity index (χ4v) is 1.71. The van der Waals surface area contributed by atoms with Crippen LogP contribution in [0.25, 0.3) is 0 Å². The summed E-state index contributed by atoms with van der Waals surface area (Å²) in [4.78, 5) is 10.9. The van der Waals surface area contributed by atoms with Crippen LogP contribution in [0.1, 0.15) is 55.9 Å². The van der Waals surface area contributed by atoms with Gasteiger partial charge in [-0.25, -0.2) is 0 Å². The van der Waals surface area contributed by atoms with Crippen molar-refractivity contribution in [2.75, 3.05) is 0 Å². The molecule has 0 aliphatic heterocycles. The van der Waals surface area contributed by atoms with Crippen LogP contribution < -0.4 is 0 Å². The lowest BCUT2D eigenvalue weighted by atomic mass is 10.1. The molecule has 0 saturated heterocycles. The first-order valence-corrected chi connectivity index (χ1v) is 6.46. The fourth-order valence-electron chi connectivity index (χ4n) is 1.71. The number of ketones is 1. The number of alkyl halides is 3. The Labute approximate surface area is 110 Å². The summed E-state index contributed by atoms with van der Waals surface area (Å²) in [5.41, 5.74) is -0.640. The second kappa shape index (κ2) is 7.25. The molecule has 0 saturated carbocycles. The first-order chi connectivity index (χ1) is 8.95. The number of carbonyl (C=O) groups is 1. The largest absolute Gasteiger partial charge is 0.456 e. The highest BCUT2D eigenvalue weighted by Crippen LogP contribution is 2.19. The number of aromatic nitrogens is 3. The molecule has 0 fully saturated rings. The molecule has 0 aliphatic carbocycles. The number of aryl methyl sites for hydroxylation is 1. The Morgan fingerprint density at radius 3 is 2.47 bits per heavy atom. The van der Waals surface area contributed by atoms with E-state index < -0.39 is 17.7 Å². The van der Waals surface area contributed by atoms with Crippen LogP contribution in [0.5, 0.6) is 0 Å². The van der Waals surface area contributed by atoms with Crippen LogP contribution in [0.4, 0.5) is 13.2 Å². The van der Waals surface area contributed by atoms with E-state index in [0.29, 0.717) is 6.54 Å². The number of hydrogen-bond acceptors (Lipinski definition) is 3. The molecule has 1 heterocycles. The standard InChI is InChI=1S/C12H18F3N3O/c1-2-3-4-5-6-7-8-18-9-10(16-17-18)11(19)12(13,14)15/h9H,2-8H2,1H3. The first kappa shape index (κ1) is 15.7. The smallest absolute Gasteiger partial charge is 0.282 e. The lowest BCUT2D eigenvalue weighted by molar-refractivity contribution is -0.0888. The summed E-state index contributed by atoms with van der Waals surface area (Å²) >= 11 is 0. The molecule has 19 heavy (non-hydrogen) atoms. The van der Waals surface area contributed by atoms with Gasteiger partial charge < -0.3 is 0 Å². The summed E-state index contributed by atoms with van der Waals surface area (Å²) in [6.07, 6.45) is 2.65. The highest BCUT2D eigenvalue weighted by atomic mass is 19.4. The molecular weight excluding hydrogens is 259 g/mol. The van der Waals surface area contributed by atoms with Gasteiger partial charge in [-0.15, -0.1) is 5.10 Å². The molecule has 0 N–H and O–H groups in total. The van der Waals surface area contributed by atoms with E-state index in [1.54, 1.807) is 0 Å². The van der Waals surface area contributed by atoms with Gasteiger partial charge in [0, 0.05) is 6.54 Å². The van der Waals surface area contributed by atoms with Crippen molar-refractivity contribution in [2.24, 2.45) is 0 Å². The summed E-state index contributed by atoms with van der Waals surface area (Å²) in [5.74, 6) is -1.94. The second-order valence-electron chi connectivity index (χ2n) is 4.46. The molecule has 1 aromatic heterocycles. The molecule has 0 amide bonds. The Balaban J connectivity index is 2.33. The van der Waals surface area contributed by atoms with Gasteiger partial charge in [-0.3, -0.25) is 9.48 Å². The SMILES string of the molecule is CCCCCCCCn1cc(C(=O)C(F)(F)F)nn1. The van der Waals surface area contributed by atoms with E-state index in [9.17, 15) is 18.0 Å². The van der Waals surface area contributed by atoms with Gasteiger partial charge in [0.2, 0.25) is 0 Å². The summed E-state index contributed by atoms with van der Waals surface area (Å²) in [5, 5.41) is 6.78. The zero-order chi connectivity index (χ0) is 14.3. The van der Waals surface area contributed by atoms with Crippen LogP contribution in [0.3, 0.4) is 0 Å². The average molecular weight is 277 g/mol. The van der Waals surface area contributed by atoms with E-state index in [0.717, 1.165) is 25.5 Å². The monoisotopic (exact) mass is 277 g/mol. The number of carbonyl (C=O) groups excluding carboxylic acids is 1. The molecule has 4 nitrogen and oxygen atoms in total. The molecule has 0 aliphatic rings. The Hall–Kier alpha value is -1.40. The summed E-state index contributed by atoms with van der Waals surface area (Å²) in [6, 6.07) is 0. The summed E-state index contributed by atoms with van der Waals surface area (Å²) < 4.78 is 37.7. The number of Topliss-reactive ketones (excluding diaryl/α,β-unsaturated/α-hetero) is 1. The van der Waals surface area contributed by atoms with Gasteiger partial charge in [-0.05, 0) is 6.42 Å². The van der Waals surface area contributed by atoms with E-state index in [1.807, 2.05) is 0 Å². The number of unbranched alkanes of at least 4 members (excludes halogenated alkanes) is 5. The van der Waals surface area contributed by atoms with Crippen LogP contribution in [-0.2, 0) is 6.54 Å². The molecule has 1 rings (SSSR count). The van der Waals surface area contributed by atoms with E-state index in [2.05, 4.69) is 17.2 Å². The average Bonchev–Trinajstić information content (AvgIpc) is 2.80. The molecule has 0 radical (unpaired) electrons. The van der Waals surface area contributed by atoms with Crippen LogP contribution in [-0.4, -0.2) is 27.0 Å². The zero-order valence-electron chi connectivity index (χ0n) is 10.9. The number of hydrogen-bond donors (Lipinski definition) is 0. The number of rotatable bonds is 8. The van der Waals surface area contributed by atoms with Crippen molar-refractivity contribution in [3.63, 3.8) is 0 Å². The van der Waals surface area contributed by atoms with Crippen molar-refractivity contribution in [2.45, 2.75) is 58.2 Å². The fraction of sp³-hybridized carbons (Fsp3) is 0.750. The molecule has 0 bridgehead atoms. The molecule has 0 atom stereocenters. The van der Waals surface area contributed by atoms with E-state index in [1.165, 1.54) is 23.9 Å². The Kier molecular flexibility index (Phi) is 5.98. The minimum absolute atomic E-state index is 0.490. The van der Waals surface area contributed by atoms with Crippen LogP contribution >= 0.6 is 0 Å². The van der Waals surface area contributed by atoms with Crippen molar-refractivity contribution >= 4 is 5.78 Å². The Morgan fingerprint density at radius 2 is 1.84 bits per heavy atom. The highest BCUT2D eigenvalue weighted by molar-refractivity contribution is 5.98. The van der Waals surface area contributed by atoms with Crippen molar-refractivity contribution in [1.29, 1.82) is 0 Å². The van der Waals surface area contributed by atoms with Gasteiger partial charge >= 0.3 is 6.18 Å². The molecule has 0 unspecified atom stereocenters. The third-order valence-electron chi connectivity index (χ3n) is 2.77. The molecule has 108 valence electrons. The van der Waals surface area contributed by atoms with Crippen LogP contribution in [0.15, 0.2) is 6.20 Å². The van der Waals surface area contributed by atoms with E-state index in [4.69, 9.17) is 0 Å². The third-order valence-corrected chi connectivity index (χ3v) is 2.77.